The van der Waals surface area contributed by atoms with Gasteiger partial charge in [-0.15, -0.1) is 0 Å². The molecule has 3 rings (SSSR count). The maximum absolute atomic E-state index is 13.8. The standard InChI is InChI=1S/C22H24F2N4O3/c1-3-27(12-20(30)26-22-15(23)7-6-8-16(22)24)13-21(31)28-14(2)11-19(29)25-17-9-4-5-10-18(17)28/h4-10,14H,3,11-13H2,1-2H3,(H,25,29)(H,26,30). The molecular formula is C22H24F2N4O3. The molecule has 1 heterocycles. The fourth-order valence-corrected chi connectivity index (χ4v) is 3.51. The fraction of sp³-hybridized carbons (Fsp3) is 0.318. The number of anilines is 3. The summed E-state index contributed by atoms with van der Waals surface area (Å²) in [6, 6.07) is 9.94. The molecule has 2 aromatic carbocycles. The van der Waals surface area contributed by atoms with E-state index in [4.69, 9.17) is 0 Å². The Kier molecular flexibility index (Phi) is 6.96. The zero-order valence-electron chi connectivity index (χ0n) is 17.3. The van der Waals surface area contributed by atoms with Crippen molar-refractivity contribution in [2.24, 2.45) is 0 Å². The molecule has 9 heteroatoms. The normalized spacial score (nSPS) is 15.8. The summed E-state index contributed by atoms with van der Waals surface area (Å²) in [4.78, 5) is 40.7. The van der Waals surface area contributed by atoms with Gasteiger partial charge in [0.25, 0.3) is 0 Å². The number of amides is 3. The highest BCUT2D eigenvalue weighted by atomic mass is 19.1. The Morgan fingerprint density at radius 3 is 2.48 bits per heavy atom. The molecule has 1 aliphatic rings. The first kappa shape index (κ1) is 22.4. The maximum atomic E-state index is 13.8. The third-order valence-corrected chi connectivity index (χ3v) is 5.03. The number of hydrogen-bond donors (Lipinski definition) is 2. The largest absolute Gasteiger partial charge is 0.324 e. The lowest BCUT2D eigenvalue weighted by atomic mass is 10.1. The summed E-state index contributed by atoms with van der Waals surface area (Å²) in [5.41, 5.74) is 0.607. The molecule has 0 radical (unpaired) electrons. The number of halogens is 2. The Labute approximate surface area is 179 Å². The molecule has 1 unspecified atom stereocenters. The van der Waals surface area contributed by atoms with Crippen molar-refractivity contribution in [3.63, 3.8) is 0 Å². The average Bonchev–Trinajstić information content (AvgIpc) is 2.84. The van der Waals surface area contributed by atoms with Crippen LogP contribution in [-0.4, -0.2) is 48.3 Å². The van der Waals surface area contributed by atoms with Crippen LogP contribution < -0.4 is 15.5 Å². The lowest BCUT2D eigenvalue weighted by Crippen LogP contribution is -2.46. The van der Waals surface area contributed by atoms with E-state index in [1.807, 2.05) is 0 Å². The Bertz CT molecular complexity index is 978. The van der Waals surface area contributed by atoms with E-state index in [1.165, 1.54) is 6.07 Å². The van der Waals surface area contributed by atoms with Crippen LogP contribution in [0.5, 0.6) is 0 Å². The molecule has 2 N–H and O–H groups in total. The summed E-state index contributed by atoms with van der Waals surface area (Å²) in [6.45, 7) is 3.59. The van der Waals surface area contributed by atoms with Crippen LogP contribution >= 0.6 is 0 Å². The van der Waals surface area contributed by atoms with Gasteiger partial charge in [-0.2, -0.15) is 0 Å². The third kappa shape index (κ3) is 5.24. The molecule has 0 aromatic heterocycles. The minimum absolute atomic E-state index is 0.101. The molecule has 3 amide bonds. The Morgan fingerprint density at radius 2 is 1.81 bits per heavy atom. The second-order valence-electron chi connectivity index (χ2n) is 7.33. The van der Waals surface area contributed by atoms with E-state index in [-0.39, 0.29) is 37.4 Å². The Balaban J connectivity index is 1.72. The molecule has 7 nitrogen and oxygen atoms in total. The summed E-state index contributed by atoms with van der Waals surface area (Å²) < 4.78 is 27.5. The number of fused-ring (bicyclic) bond motifs is 1. The molecule has 1 atom stereocenters. The third-order valence-electron chi connectivity index (χ3n) is 5.03. The van der Waals surface area contributed by atoms with E-state index in [0.717, 1.165) is 12.1 Å². The number of carbonyl (C=O) groups excluding carboxylic acids is 3. The summed E-state index contributed by atoms with van der Waals surface area (Å²) in [5, 5.41) is 5.02. The minimum Gasteiger partial charge on any atom is -0.324 e. The molecule has 0 fully saturated rings. The van der Waals surface area contributed by atoms with Crippen LogP contribution in [0.2, 0.25) is 0 Å². The smallest absolute Gasteiger partial charge is 0.241 e. The van der Waals surface area contributed by atoms with Crippen molar-refractivity contribution >= 4 is 34.8 Å². The molecule has 164 valence electrons. The van der Waals surface area contributed by atoms with Crippen LogP contribution in [0.15, 0.2) is 42.5 Å². The SMILES string of the molecule is CCN(CC(=O)Nc1c(F)cccc1F)CC(=O)N1c2ccccc2NC(=O)CC1C. The van der Waals surface area contributed by atoms with E-state index in [0.29, 0.717) is 17.9 Å². The highest BCUT2D eigenvalue weighted by Crippen LogP contribution is 2.31. The van der Waals surface area contributed by atoms with Crippen LogP contribution in [0.3, 0.4) is 0 Å². The van der Waals surface area contributed by atoms with Crippen LogP contribution in [-0.2, 0) is 14.4 Å². The van der Waals surface area contributed by atoms with Crippen molar-refractivity contribution in [2.45, 2.75) is 26.3 Å². The van der Waals surface area contributed by atoms with Gasteiger partial charge < -0.3 is 15.5 Å². The maximum Gasteiger partial charge on any atom is 0.241 e. The van der Waals surface area contributed by atoms with E-state index in [9.17, 15) is 23.2 Å². The molecule has 0 saturated carbocycles. The summed E-state index contributed by atoms with van der Waals surface area (Å²) in [6.07, 6.45) is 0.138. The van der Waals surface area contributed by atoms with Gasteiger partial charge in [-0.1, -0.05) is 25.1 Å². The lowest BCUT2D eigenvalue weighted by molar-refractivity contribution is -0.121. The first-order chi connectivity index (χ1) is 14.8. The van der Waals surface area contributed by atoms with Crippen LogP contribution in [0.1, 0.15) is 20.3 Å². The van der Waals surface area contributed by atoms with Crippen molar-refractivity contribution in [2.75, 3.05) is 35.2 Å². The number of benzene rings is 2. The van der Waals surface area contributed by atoms with Gasteiger partial charge >= 0.3 is 0 Å². The number of likely N-dealkylation sites (N-methyl/N-ethyl adjacent to an activating group) is 1. The number of nitrogens with zero attached hydrogens (tertiary/aromatic N) is 2. The highest BCUT2D eigenvalue weighted by Gasteiger charge is 2.30. The van der Waals surface area contributed by atoms with Gasteiger partial charge in [-0.05, 0) is 37.7 Å². The highest BCUT2D eigenvalue weighted by molar-refractivity contribution is 6.05. The van der Waals surface area contributed by atoms with Gasteiger partial charge in [-0.3, -0.25) is 19.3 Å². The monoisotopic (exact) mass is 430 g/mol. The van der Waals surface area contributed by atoms with E-state index in [1.54, 1.807) is 47.9 Å². The van der Waals surface area contributed by atoms with Crippen molar-refractivity contribution in [3.8, 4) is 0 Å². The predicted octanol–water partition coefficient (Wildman–Crippen LogP) is 2.99. The first-order valence-electron chi connectivity index (χ1n) is 9.97. The second kappa shape index (κ2) is 9.65. The summed E-state index contributed by atoms with van der Waals surface area (Å²) in [5.74, 6) is -2.86. The van der Waals surface area contributed by atoms with Gasteiger partial charge in [0, 0.05) is 12.5 Å². The van der Waals surface area contributed by atoms with Crippen LogP contribution in [0, 0.1) is 11.6 Å². The number of nitrogens with one attached hydrogen (secondary N) is 2. The number of hydrogen-bond acceptors (Lipinski definition) is 4. The fourth-order valence-electron chi connectivity index (χ4n) is 3.51. The zero-order valence-corrected chi connectivity index (χ0v) is 17.3. The van der Waals surface area contributed by atoms with E-state index < -0.39 is 23.2 Å². The van der Waals surface area contributed by atoms with Gasteiger partial charge in [-0.25, -0.2) is 8.78 Å². The number of carbonyl (C=O) groups is 3. The van der Waals surface area contributed by atoms with Crippen molar-refractivity contribution in [1.29, 1.82) is 0 Å². The average molecular weight is 430 g/mol. The molecule has 1 aliphatic heterocycles. The van der Waals surface area contributed by atoms with E-state index in [2.05, 4.69) is 10.6 Å². The summed E-state index contributed by atoms with van der Waals surface area (Å²) in [7, 11) is 0. The van der Waals surface area contributed by atoms with Gasteiger partial charge in [0.05, 0.1) is 24.5 Å². The van der Waals surface area contributed by atoms with Crippen molar-refractivity contribution < 1.29 is 23.2 Å². The summed E-state index contributed by atoms with van der Waals surface area (Å²) >= 11 is 0. The first-order valence-corrected chi connectivity index (χ1v) is 9.97. The van der Waals surface area contributed by atoms with Gasteiger partial charge in [0.2, 0.25) is 17.7 Å². The topological polar surface area (TPSA) is 81.8 Å². The molecule has 0 aliphatic carbocycles. The number of para-hydroxylation sites is 3. The molecular weight excluding hydrogens is 406 g/mol. The minimum atomic E-state index is -0.875. The van der Waals surface area contributed by atoms with E-state index >= 15 is 0 Å². The van der Waals surface area contributed by atoms with Crippen LogP contribution in [0.4, 0.5) is 25.8 Å². The van der Waals surface area contributed by atoms with Gasteiger partial charge in [0.1, 0.15) is 17.3 Å². The Morgan fingerprint density at radius 1 is 1.13 bits per heavy atom. The molecule has 0 saturated heterocycles. The second-order valence-corrected chi connectivity index (χ2v) is 7.33. The van der Waals surface area contributed by atoms with Gasteiger partial charge in [0.15, 0.2) is 0 Å². The quantitative estimate of drug-likeness (QED) is 0.738. The molecule has 31 heavy (non-hydrogen) atoms. The molecule has 2 aromatic rings. The van der Waals surface area contributed by atoms with Crippen molar-refractivity contribution in [1.82, 2.24) is 4.90 Å². The van der Waals surface area contributed by atoms with Crippen molar-refractivity contribution in [3.05, 3.63) is 54.1 Å². The van der Waals surface area contributed by atoms with Crippen LogP contribution in [0.25, 0.3) is 0 Å². The Hall–Kier alpha value is -3.33. The lowest BCUT2D eigenvalue weighted by Gasteiger charge is -2.30. The molecule has 0 spiro atoms. The number of rotatable bonds is 6. The zero-order chi connectivity index (χ0) is 22.5. The molecule has 0 bridgehead atoms. The predicted molar refractivity (Wildman–Crippen MR) is 114 cm³/mol.